The predicted octanol–water partition coefficient (Wildman–Crippen LogP) is 0.875. The van der Waals surface area contributed by atoms with Crippen LogP contribution >= 0.6 is 11.6 Å². The number of nitrogens with zero attached hydrogens (tertiary/aromatic N) is 2. The van der Waals surface area contributed by atoms with E-state index in [1.807, 2.05) is 12.1 Å². The van der Waals surface area contributed by atoms with Gasteiger partial charge >= 0.3 is 0 Å². The van der Waals surface area contributed by atoms with Crippen molar-refractivity contribution >= 4 is 46.9 Å². The van der Waals surface area contributed by atoms with E-state index in [0.717, 1.165) is 11.1 Å². The molecule has 11 N–H and O–H groups in total. The number of hydrogen-bond acceptors (Lipinski definition) is 12. The topological polar surface area (TPSA) is 280 Å². The molecule has 55 heavy (non-hydrogen) atoms. The number of carbonyl (C=O) groups is 6. The van der Waals surface area contributed by atoms with Gasteiger partial charge in [-0.05, 0) is 101 Å². The summed E-state index contributed by atoms with van der Waals surface area (Å²) in [6.07, 6.45) is 2.48. The first-order valence-electron chi connectivity index (χ1n) is 18.1. The molecule has 5 unspecified atom stereocenters. The molecule has 1 heterocycles. The van der Waals surface area contributed by atoms with Crippen LogP contribution in [0.5, 0.6) is 0 Å². The third-order valence-electron chi connectivity index (χ3n) is 8.58. The molecule has 0 spiro atoms. The maximum absolute atomic E-state index is 13.5. The van der Waals surface area contributed by atoms with Gasteiger partial charge in [-0.1, -0.05) is 35.9 Å². The maximum Gasteiger partial charge on any atom is 0.286 e. The molecule has 17 nitrogen and oxygen atoms in total. The van der Waals surface area contributed by atoms with Gasteiger partial charge in [0.2, 0.25) is 35.3 Å². The molecule has 0 radical (unpaired) electrons. The van der Waals surface area contributed by atoms with Crippen molar-refractivity contribution in [2.75, 3.05) is 19.6 Å². The maximum atomic E-state index is 13.5. The summed E-state index contributed by atoms with van der Waals surface area (Å²) in [7, 11) is 0. The number of aromatic nitrogens is 2. The Hall–Kier alpha value is -5.23. The van der Waals surface area contributed by atoms with E-state index in [-0.39, 0.29) is 31.2 Å². The summed E-state index contributed by atoms with van der Waals surface area (Å²) < 4.78 is 5.16. The number of carbonyl (C=O) groups excluding carboxylic acids is 6. The molecule has 5 atom stereocenters. The van der Waals surface area contributed by atoms with Crippen molar-refractivity contribution in [2.24, 2.45) is 17.2 Å². The third kappa shape index (κ3) is 13.8. The number of amides is 5. The fourth-order valence-electron chi connectivity index (χ4n) is 5.36. The monoisotopic (exact) mass is 782 g/mol. The number of ketones is 1. The first-order chi connectivity index (χ1) is 26.3. The van der Waals surface area contributed by atoms with Crippen LogP contribution in [0.1, 0.15) is 79.3 Å². The van der Waals surface area contributed by atoms with Gasteiger partial charge in [-0.25, -0.2) is 0 Å². The lowest BCUT2D eigenvalue weighted by molar-refractivity contribution is -0.133. The summed E-state index contributed by atoms with van der Waals surface area (Å²) in [4.78, 5) is 79.1. The molecule has 3 aromatic rings. The molecule has 0 saturated carbocycles. The number of nitrogens with one attached hydrogen (secondary N) is 5. The van der Waals surface area contributed by atoms with Crippen LogP contribution in [0, 0.1) is 6.92 Å². The fourth-order valence-corrected chi connectivity index (χ4v) is 5.49. The van der Waals surface area contributed by atoms with Crippen molar-refractivity contribution < 1.29 is 33.2 Å². The predicted molar refractivity (Wildman–Crippen MR) is 205 cm³/mol. The molecule has 0 saturated heterocycles. The van der Waals surface area contributed by atoms with Gasteiger partial charge in [-0.15, -0.1) is 10.2 Å². The minimum atomic E-state index is -1.18. The van der Waals surface area contributed by atoms with Gasteiger partial charge in [-0.2, -0.15) is 0 Å². The Balaban J connectivity index is 1.63. The van der Waals surface area contributed by atoms with Crippen molar-refractivity contribution in [3.8, 4) is 11.1 Å². The summed E-state index contributed by atoms with van der Waals surface area (Å²) in [5, 5.41) is 21.0. The van der Waals surface area contributed by atoms with Crippen LogP contribution in [0.4, 0.5) is 0 Å². The minimum absolute atomic E-state index is 0.177. The largest absolute Gasteiger partial charge is 0.419 e. The highest BCUT2D eigenvalue weighted by Gasteiger charge is 2.31. The average molecular weight is 783 g/mol. The number of rotatable bonds is 22. The van der Waals surface area contributed by atoms with Gasteiger partial charge in [0, 0.05) is 24.1 Å². The molecule has 298 valence electrons. The van der Waals surface area contributed by atoms with Crippen molar-refractivity contribution in [3.05, 3.63) is 70.9 Å². The second-order valence-corrected chi connectivity index (χ2v) is 13.4. The smallest absolute Gasteiger partial charge is 0.286 e. The fraction of sp³-hybridized carbons (Fsp3) is 0.459. The van der Waals surface area contributed by atoms with Crippen LogP contribution in [-0.4, -0.2) is 95.4 Å². The molecule has 0 aliphatic carbocycles. The quantitative estimate of drug-likeness (QED) is 0.0521. The number of hydrogen-bond donors (Lipinski definition) is 8. The Labute approximate surface area is 324 Å². The summed E-state index contributed by atoms with van der Waals surface area (Å²) in [6, 6.07) is 8.45. The normalized spacial score (nSPS) is 13.7. The van der Waals surface area contributed by atoms with E-state index in [0.29, 0.717) is 49.4 Å². The van der Waals surface area contributed by atoms with Crippen molar-refractivity contribution in [1.29, 1.82) is 0 Å². The number of aryl methyl sites for hydroxylation is 1. The molecule has 0 aliphatic heterocycles. The van der Waals surface area contributed by atoms with Crippen LogP contribution in [0.2, 0.25) is 5.02 Å². The van der Waals surface area contributed by atoms with Gasteiger partial charge in [0.15, 0.2) is 0 Å². The first-order valence-corrected chi connectivity index (χ1v) is 18.5. The Morgan fingerprint density at radius 2 is 1.13 bits per heavy atom. The molecular weight excluding hydrogens is 732 g/mol. The van der Waals surface area contributed by atoms with Gasteiger partial charge < -0.3 is 48.2 Å². The standard InChI is InChI=1S/C37H51ClN10O7/c1-21(31(49)37-48-47-23(3)55-37)42-34(52)28(8-4-6-18-39)44-32(50)22(2)43-35(53)29(9-5-7-19-40)45-36(54)30(20-41)46-33(51)26-12-10-24(11-13-26)25-14-16-27(38)17-15-25/h10-17,21-22,28-30H,4-9,18-20,39-41H2,1-3H3,(H,42,52)(H,43,53)(H,44,50)(H,45,54)(H,46,51). The summed E-state index contributed by atoms with van der Waals surface area (Å²) >= 11 is 5.98. The van der Waals surface area contributed by atoms with Crippen molar-refractivity contribution in [2.45, 2.75) is 89.5 Å². The summed E-state index contributed by atoms with van der Waals surface area (Å²) in [5.74, 6) is -3.93. The van der Waals surface area contributed by atoms with E-state index in [2.05, 4.69) is 36.8 Å². The van der Waals surface area contributed by atoms with Crippen LogP contribution < -0.4 is 43.8 Å². The molecule has 0 fully saturated rings. The average Bonchev–Trinajstić information content (AvgIpc) is 3.61. The minimum Gasteiger partial charge on any atom is -0.419 e. The molecule has 0 aliphatic rings. The van der Waals surface area contributed by atoms with E-state index < -0.39 is 65.5 Å². The molecule has 2 aromatic carbocycles. The van der Waals surface area contributed by atoms with E-state index in [4.69, 9.17) is 33.2 Å². The van der Waals surface area contributed by atoms with E-state index in [1.54, 1.807) is 36.4 Å². The highest BCUT2D eigenvalue weighted by molar-refractivity contribution is 6.30. The van der Waals surface area contributed by atoms with Crippen LogP contribution in [0.15, 0.2) is 52.9 Å². The zero-order chi connectivity index (χ0) is 40.5. The van der Waals surface area contributed by atoms with Gasteiger partial charge in [0.1, 0.15) is 24.2 Å². The lowest BCUT2D eigenvalue weighted by Crippen LogP contribution is -2.58. The number of unbranched alkanes of at least 4 members (excludes halogenated alkanes) is 2. The molecule has 3 rings (SSSR count). The summed E-state index contributed by atoms with van der Waals surface area (Å²) in [5.41, 5.74) is 19.2. The Bertz CT molecular complexity index is 1750. The zero-order valence-electron chi connectivity index (χ0n) is 31.2. The van der Waals surface area contributed by atoms with Crippen LogP contribution in [0.25, 0.3) is 11.1 Å². The SMILES string of the molecule is Cc1nnc(C(=O)C(C)NC(=O)C(CCCCN)NC(=O)C(C)NC(=O)C(CCCCN)NC(=O)C(CN)NC(=O)c2ccc(-c3ccc(Cl)cc3)cc2)o1. The highest BCUT2D eigenvalue weighted by atomic mass is 35.5. The van der Waals surface area contributed by atoms with Gasteiger partial charge in [0.05, 0.1) is 6.04 Å². The van der Waals surface area contributed by atoms with Crippen molar-refractivity contribution in [3.63, 3.8) is 0 Å². The van der Waals surface area contributed by atoms with Crippen molar-refractivity contribution in [1.82, 2.24) is 36.8 Å². The second-order valence-electron chi connectivity index (χ2n) is 13.0. The molecule has 0 bridgehead atoms. The number of Topliss-reactive ketones (excluding diaryl/α,β-unsaturated/α-hetero) is 1. The number of nitrogens with two attached hydrogens (primary N) is 3. The lowest BCUT2D eigenvalue weighted by Gasteiger charge is -2.25. The zero-order valence-corrected chi connectivity index (χ0v) is 32.0. The molecule has 1 aromatic heterocycles. The second kappa shape index (κ2) is 22.2. The Morgan fingerprint density at radius 1 is 0.636 bits per heavy atom. The lowest BCUT2D eigenvalue weighted by atomic mass is 10.0. The van der Waals surface area contributed by atoms with Gasteiger partial charge in [0.25, 0.3) is 11.8 Å². The van der Waals surface area contributed by atoms with Crippen LogP contribution in [0.3, 0.4) is 0 Å². The Kier molecular flexibility index (Phi) is 17.8. The van der Waals surface area contributed by atoms with Crippen LogP contribution in [-0.2, 0) is 19.2 Å². The first kappa shape index (κ1) is 44.2. The van der Waals surface area contributed by atoms with Gasteiger partial charge in [-0.3, -0.25) is 28.8 Å². The number of benzene rings is 2. The molecule has 5 amide bonds. The number of halogens is 1. The van der Waals surface area contributed by atoms with E-state index in [9.17, 15) is 28.8 Å². The van der Waals surface area contributed by atoms with E-state index >= 15 is 0 Å². The Morgan fingerprint density at radius 3 is 1.62 bits per heavy atom. The third-order valence-corrected chi connectivity index (χ3v) is 8.83. The molecule has 18 heteroatoms. The summed E-state index contributed by atoms with van der Waals surface area (Å²) in [6.45, 7) is 4.85. The molecular formula is C37H51ClN10O7. The highest BCUT2D eigenvalue weighted by Crippen LogP contribution is 2.22. The van der Waals surface area contributed by atoms with E-state index in [1.165, 1.54) is 20.8 Å².